The van der Waals surface area contributed by atoms with Gasteiger partial charge in [-0.2, -0.15) is 0 Å². The van der Waals surface area contributed by atoms with E-state index in [0.717, 1.165) is 28.6 Å². The van der Waals surface area contributed by atoms with E-state index in [2.05, 4.69) is 15.9 Å². The summed E-state index contributed by atoms with van der Waals surface area (Å²) in [6, 6.07) is 11.5. The molecule has 3 fully saturated rings. The Labute approximate surface area is 181 Å². The lowest BCUT2D eigenvalue weighted by molar-refractivity contribution is -0.123. The predicted molar refractivity (Wildman–Crippen MR) is 112 cm³/mol. The van der Waals surface area contributed by atoms with E-state index in [1.165, 1.54) is 4.90 Å². The molecule has 2 saturated carbocycles. The van der Waals surface area contributed by atoms with Crippen LogP contribution in [0.4, 0.5) is 11.4 Å². The molecule has 0 unspecified atom stereocenters. The number of nitrogens with zero attached hydrogens (tertiary/aromatic N) is 2. The van der Waals surface area contributed by atoms with Gasteiger partial charge in [0.05, 0.1) is 34.3 Å². The van der Waals surface area contributed by atoms with Crippen molar-refractivity contribution in [2.75, 3.05) is 9.80 Å². The van der Waals surface area contributed by atoms with Crippen molar-refractivity contribution in [1.82, 2.24) is 0 Å². The molecule has 0 N–H and O–H groups in total. The van der Waals surface area contributed by atoms with Crippen LogP contribution in [0.5, 0.6) is 0 Å². The monoisotopic (exact) mass is 464 g/mol. The van der Waals surface area contributed by atoms with Gasteiger partial charge in [0.15, 0.2) is 0 Å². The average Bonchev–Trinajstić information content (AvgIpc) is 3.46. The van der Waals surface area contributed by atoms with Crippen LogP contribution in [-0.4, -0.2) is 23.6 Å². The summed E-state index contributed by atoms with van der Waals surface area (Å²) >= 11 is 3.33. The summed E-state index contributed by atoms with van der Waals surface area (Å²) in [4.78, 5) is 54.0. The Morgan fingerprint density at radius 3 is 1.83 bits per heavy atom. The third-order valence-electron chi connectivity index (χ3n) is 7.14. The van der Waals surface area contributed by atoms with Crippen LogP contribution < -0.4 is 9.80 Å². The minimum absolute atomic E-state index is 0.101. The minimum atomic E-state index is -0.386. The smallest absolute Gasteiger partial charge is 0.266 e. The Hall–Kier alpha value is -2.80. The van der Waals surface area contributed by atoms with Gasteiger partial charge >= 0.3 is 0 Å². The molecule has 0 spiro atoms. The number of rotatable bonds is 2. The van der Waals surface area contributed by atoms with E-state index in [0.29, 0.717) is 34.3 Å². The van der Waals surface area contributed by atoms with E-state index in [9.17, 15) is 19.2 Å². The summed E-state index contributed by atoms with van der Waals surface area (Å²) in [5.74, 6) is -0.655. The first-order valence-electron chi connectivity index (χ1n) is 10.1. The second-order valence-electron chi connectivity index (χ2n) is 8.55. The van der Waals surface area contributed by atoms with Crippen molar-refractivity contribution in [3.8, 4) is 0 Å². The Morgan fingerprint density at radius 2 is 1.23 bits per heavy atom. The number of carbonyl (C=O) groups is 4. The summed E-state index contributed by atoms with van der Waals surface area (Å²) < 4.78 is 0.727. The first-order valence-corrected chi connectivity index (χ1v) is 10.9. The molecule has 0 radical (unpaired) electrons. The number of benzene rings is 2. The van der Waals surface area contributed by atoms with Crippen LogP contribution in [0.1, 0.15) is 40.0 Å². The fraction of sp³-hybridized carbons (Fsp3) is 0.304. The van der Waals surface area contributed by atoms with E-state index in [1.54, 1.807) is 42.5 Å². The molecule has 2 aliphatic heterocycles. The molecule has 7 heteroatoms. The molecule has 1 saturated heterocycles. The SMILES string of the molecule is O=C1c2ccc(Br)cc2C(=O)N1c1ccc(N2C(=O)[C@@H]3[C@H]4CC[C@@H](C4)[C@H]3C2=O)cc1. The average molecular weight is 465 g/mol. The van der Waals surface area contributed by atoms with Crippen LogP contribution >= 0.6 is 15.9 Å². The molecule has 2 heterocycles. The van der Waals surface area contributed by atoms with E-state index >= 15 is 0 Å². The Morgan fingerprint density at radius 1 is 0.700 bits per heavy atom. The minimum Gasteiger partial charge on any atom is -0.274 e. The molecular formula is C23H17BrN2O4. The Balaban J connectivity index is 1.31. The summed E-state index contributed by atoms with van der Waals surface area (Å²) in [5, 5.41) is 0. The maximum Gasteiger partial charge on any atom is 0.266 e. The first kappa shape index (κ1) is 18.0. The summed E-state index contributed by atoms with van der Waals surface area (Å²) in [5.41, 5.74) is 1.63. The van der Waals surface area contributed by atoms with Crippen molar-refractivity contribution in [2.24, 2.45) is 23.7 Å². The van der Waals surface area contributed by atoms with Crippen LogP contribution in [0.25, 0.3) is 0 Å². The van der Waals surface area contributed by atoms with E-state index in [-0.39, 0.29) is 35.5 Å². The van der Waals surface area contributed by atoms with Crippen LogP contribution in [0, 0.1) is 23.7 Å². The van der Waals surface area contributed by atoms with Crippen molar-refractivity contribution in [3.63, 3.8) is 0 Å². The predicted octanol–water partition coefficient (Wildman–Crippen LogP) is 3.79. The van der Waals surface area contributed by atoms with Gasteiger partial charge in [0, 0.05) is 4.47 Å². The van der Waals surface area contributed by atoms with Gasteiger partial charge in [-0.05, 0) is 73.6 Å². The maximum atomic E-state index is 13.0. The fourth-order valence-electron chi connectivity index (χ4n) is 5.86. The van der Waals surface area contributed by atoms with Gasteiger partial charge in [-0.1, -0.05) is 15.9 Å². The number of amides is 4. The van der Waals surface area contributed by atoms with Gasteiger partial charge in [0.25, 0.3) is 11.8 Å². The van der Waals surface area contributed by atoms with Gasteiger partial charge in [0.2, 0.25) is 11.8 Å². The summed E-state index contributed by atoms with van der Waals surface area (Å²) in [7, 11) is 0. The van der Waals surface area contributed by atoms with Gasteiger partial charge in [-0.3, -0.25) is 24.1 Å². The van der Waals surface area contributed by atoms with Crippen LogP contribution in [0.3, 0.4) is 0 Å². The number of carbonyl (C=O) groups excluding carboxylic acids is 4. The molecule has 4 atom stereocenters. The normalized spacial score (nSPS) is 29.2. The molecular weight excluding hydrogens is 448 g/mol. The largest absolute Gasteiger partial charge is 0.274 e. The van der Waals surface area contributed by atoms with Crippen molar-refractivity contribution in [3.05, 3.63) is 58.1 Å². The van der Waals surface area contributed by atoms with E-state index < -0.39 is 0 Å². The summed E-state index contributed by atoms with van der Waals surface area (Å²) in [6.45, 7) is 0. The highest BCUT2D eigenvalue weighted by molar-refractivity contribution is 9.10. The number of fused-ring (bicyclic) bond motifs is 6. The second kappa shape index (κ2) is 6.11. The van der Waals surface area contributed by atoms with Crippen molar-refractivity contribution in [2.45, 2.75) is 19.3 Å². The van der Waals surface area contributed by atoms with Crippen molar-refractivity contribution >= 4 is 50.9 Å². The van der Waals surface area contributed by atoms with Crippen LogP contribution in [0.15, 0.2) is 46.9 Å². The standard InChI is InChI=1S/C23H17BrN2O4/c24-13-3-8-16-17(10-13)21(28)25(20(16)27)14-4-6-15(7-5-14)26-22(29)18-11-1-2-12(9-11)19(18)23(26)30/h3-8,10-12,18-19H,1-2,9H2/t11-,12-,18+,19+/m0/s1. The number of anilines is 2. The molecule has 6 nitrogen and oxygen atoms in total. The first-order chi connectivity index (χ1) is 14.5. The molecule has 0 aromatic heterocycles. The molecule has 2 aromatic carbocycles. The highest BCUT2D eigenvalue weighted by atomic mass is 79.9. The van der Waals surface area contributed by atoms with Gasteiger partial charge in [0.1, 0.15) is 0 Å². The van der Waals surface area contributed by atoms with Crippen LogP contribution in [0.2, 0.25) is 0 Å². The molecule has 4 amide bonds. The van der Waals surface area contributed by atoms with Crippen molar-refractivity contribution in [1.29, 1.82) is 0 Å². The van der Waals surface area contributed by atoms with Gasteiger partial charge in [-0.25, -0.2) is 4.90 Å². The Kier molecular flexibility index (Phi) is 3.67. The zero-order chi connectivity index (χ0) is 20.7. The van der Waals surface area contributed by atoms with Crippen molar-refractivity contribution < 1.29 is 19.2 Å². The molecule has 2 bridgehead atoms. The zero-order valence-electron chi connectivity index (χ0n) is 15.9. The molecule has 2 aliphatic carbocycles. The third-order valence-corrected chi connectivity index (χ3v) is 7.64. The lowest BCUT2D eigenvalue weighted by atomic mass is 9.81. The molecule has 2 aromatic rings. The van der Waals surface area contributed by atoms with E-state index in [4.69, 9.17) is 0 Å². The van der Waals surface area contributed by atoms with Gasteiger partial charge in [-0.15, -0.1) is 0 Å². The molecule has 6 rings (SSSR count). The van der Waals surface area contributed by atoms with E-state index in [1.807, 2.05) is 0 Å². The fourth-order valence-corrected chi connectivity index (χ4v) is 6.22. The Bertz CT molecular complexity index is 1130. The topological polar surface area (TPSA) is 74.8 Å². The molecule has 4 aliphatic rings. The highest BCUT2D eigenvalue weighted by Gasteiger charge is 2.61. The molecule has 150 valence electrons. The second-order valence-corrected chi connectivity index (χ2v) is 9.46. The zero-order valence-corrected chi connectivity index (χ0v) is 17.5. The van der Waals surface area contributed by atoms with Gasteiger partial charge < -0.3 is 0 Å². The maximum absolute atomic E-state index is 13.0. The lowest BCUT2D eigenvalue weighted by Crippen LogP contribution is -2.33. The lowest BCUT2D eigenvalue weighted by Gasteiger charge is -2.19. The van der Waals surface area contributed by atoms with Crippen LogP contribution in [-0.2, 0) is 9.59 Å². The number of halogens is 1. The third kappa shape index (κ3) is 2.24. The summed E-state index contributed by atoms with van der Waals surface area (Å²) in [6.07, 6.45) is 3.07. The quantitative estimate of drug-likeness (QED) is 0.633. The number of hydrogen-bond acceptors (Lipinski definition) is 4. The number of hydrogen-bond donors (Lipinski definition) is 0. The highest BCUT2D eigenvalue weighted by Crippen LogP contribution is 2.56. The molecule has 30 heavy (non-hydrogen) atoms. The number of imide groups is 2.